The van der Waals surface area contributed by atoms with E-state index in [9.17, 15) is 4.79 Å². The van der Waals surface area contributed by atoms with Gasteiger partial charge in [0.2, 0.25) is 6.79 Å². The molecule has 0 aliphatic carbocycles. The van der Waals surface area contributed by atoms with Gasteiger partial charge in [0.15, 0.2) is 11.5 Å². The molecule has 1 amide bonds. The maximum absolute atomic E-state index is 12.9. The number of ether oxygens (including phenoxy) is 2. The Bertz CT molecular complexity index is 1250. The van der Waals surface area contributed by atoms with Crippen LogP contribution in [0.1, 0.15) is 22.2 Å². The fraction of sp³-hybridized carbons (Fsp3) is 0.143. The second kappa shape index (κ2) is 6.38. The lowest BCUT2D eigenvalue weighted by molar-refractivity contribution is 0.103. The van der Waals surface area contributed by atoms with Crippen molar-refractivity contribution in [2.24, 2.45) is 0 Å². The summed E-state index contributed by atoms with van der Waals surface area (Å²) in [6, 6.07) is 13.4. The monoisotopic (exact) mass is 391 g/mol. The third-order valence-electron chi connectivity index (χ3n) is 4.86. The third-order valence-corrected chi connectivity index (χ3v) is 5.97. The van der Waals surface area contributed by atoms with E-state index in [4.69, 9.17) is 15.2 Å². The van der Waals surface area contributed by atoms with E-state index in [1.807, 2.05) is 42.5 Å². The second-order valence-electron chi connectivity index (χ2n) is 6.55. The molecule has 2 aromatic heterocycles. The molecule has 7 heteroatoms. The van der Waals surface area contributed by atoms with Gasteiger partial charge in [0, 0.05) is 22.5 Å². The number of aromatic nitrogens is 1. The number of nitrogens with two attached hydrogens (primary N) is 1. The van der Waals surface area contributed by atoms with Crippen LogP contribution in [0.4, 0.5) is 11.4 Å². The zero-order chi connectivity index (χ0) is 19.3. The van der Waals surface area contributed by atoms with E-state index in [2.05, 4.69) is 17.2 Å². The molecule has 0 unspecified atom stereocenters. The van der Waals surface area contributed by atoms with Gasteiger partial charge in [-0.15, -0.1) is 11.3 Å². The fourth-order valence-corrected chi connectivity index (χ4v) is 4.37. The average molecular weight is 391 g/mol. The number of carbonyl (C=O) groups excluding carboxylic acids is 1. The summed E-state index contributed by atoms with van der Waals surface area (Å²) in [5.74, 6) is 1.15. The number of fused-ring (bicyclic) bond motifs is 3. The number of amides is 1. The number of nitrogens with one attached hydrogen (secondary N) is 1. The maximum Gasteiger partial charge on any atom is 0.267 e. The second-order valence-corrected chi connectivity index (χ2v) is 7.55. The number of aryl methyl sites for hydroxylation is 1. The maximum atomic E-state index is 12.9. The minimum absolute atomic E-state index is 0.214. The van der Waals surface area contributed by atoms with E-state index in [1.54, 1.807) is 0 Å². The number of nitrogen functional groups attached to an aromatic ring is 1. The Hall–Kier alpha value is -3.32. The number of pyridine rings is 1. The predicted octanol–water partition coefficient (Wildman–Crippen LogP) is 4.58. The first-order valence-corrected chi connectivity index (χ1v) is 9.77. The first kappa shape index (κ1) is 16.8. The molecule has 3 heterocycles. The quantitative estimate of drug-likeness (QED) is 0.534. The molecule has 1 aliphatic heterocycles. The standard InChI is InChI=1S/C21H17N3O3S/c1-2-11-5-3-4-6-14(11)23-20(25)19-18(22)13-7-12-8-16-17(27-10-26-16)9-15(12)24-21(13)28-19/h3-9H,2,10,22H2,1H3,(H,23,25). The Morgan fingerprint density at radius 3 is 2.82 bits per heavy atom. The van der Waals surface area contributed by atoms with Crippen LogP contribution < -0.4 is 20.5 Å². The minimum Gasteiger partial charge on any atom is -0.454 e. The zero-order valence-electron chi connectivity index (χ0n) is 15.1. The highest BCUT2D eigenvalue weighted by atomic mass is 32.1. The Kier molecular flexibility index (Phi) is 3.84. The number of nitrogens with zero attached hydrogens (tertiary/aromatic N) is 1. The van der Waals surface area contributed by atoms with Crippen LogP contribution in [-0.2, 0) is 6.42 Å². The van der Waals surface area contributed by atoms with Crippen molar-refractivity contribution in [1.82, 2.24) is 4.98 Å². The van der Waals surface area contributed by atoms with Crippen LogP contribution >= 0.6 is 11.3 Å². The van der Waals surface area contributed by atoms with E-state index in [-0.39, 0.29) is 12.7 Å². The largest absolute Gasteiger partial charge is 0.454 e. The molecule has 2 aromatic carbocycles. The van der Waals surface area contributed by atoms with Gasteiger partial charge in [0.25, 0.3) is 5.91 Å². The van der Waals surface area contributed by atoms with Crippen molar-refractivity contribution in [3.63, 3.8) is 0 Å². The van der Waals surface area contributed by atoms with Gasteiger partial charge in [-0.05, 0) is 30.2 Å². The summed E-state index contributed by atoms with van der Waals surface area (Å²) in [4.78, 5) is 18.7. The van der Waals surface area contributed by atoms with Crippen molar-refractivity contribution in [2.45, 2.75) is 13.3 Å². The van der Waals surface area contributed by atoms with Crippen molar-refractivity contribution in [3.8, 4) is 11.5 Å². The minimum atomic E-state index is -0.223. The van der Waals surface area contributed by atoms with Crippen molar-refractivity contribution in [2.75, 3.05) is 17.8 Å². The van der Waals surface area contributed by atoms with E-state index in [0.29, 0.717) is 22.1 Å². The number of hydrogen-bond acceptors (Lipinski definition) is 6. The molecule has 0 spiro atoms. The van der Waals surface area contributed by atoms with Gasteiger partial charge in [-0.25, -0.2) is 4.98 Å². The molecule has 5 rings (SSSR count). The summed E-state index contributed by atoms with van der Waals surface area (Å²) >= 11 is 1.29. The van der Waals surface area contributed by atoms with Crippen molar-refractivity contribution in [3.05, 3.63) is 52.9 Å². The summed E-state index contributed by atoms with van der Waals surface area (Å²) in [5, 5.41) is 4.64. The summed E-state index contributed by atoms with van der Waals surface area (Å²) in [6.07, 6.45) is 0.833. The molecule has 0 radical (unpaired) electrons. The van der Waals surface area contributed by atoms with E-state index < -0.39 is 0 Å². The molecular formula is C21H17N3O3S. The molecule has 6 nitrogen and oxygen atoms in total. The molecule has 4 aromatic rings. The molecule has 0 saturated heterocycles. The van der Waals surface area contributed by atoms with Gasteiger partial charge in [-0.3, -0.25) is 4.79 Å². The molecule has 140 valence electrons. The van der Waals surface area contributed by atoms with Crippen LogP contribution in [0, 0.1) is 0 Å². The van der Waals surface area contributed by atoms with Gasteiger partial charge in [-0.1, -0.05) is 25.1 Å². The normalized spacial score (nSPS) is 12.6. The smallest absolute Gasteiger partial charge is 0.267 e. The number of hydrogen-bond donors (Lipinski definition) is 2. The van der Waals surface area contributed by atoms with Crippen LogP contribution in [0.5, 0.6) is 11.5 Å². The third kappa shape index (κ3) is 2.63. The number of rotatable bonds is 3. The van der Waals surface area contributed by atoms with Crippen molar-refractivity contribution < 1.29 is 14.3 Å². The molecule has 0 bridgehead atoms. The van der Waals surface area contributed by atoms with Crippen LogP contribution in [0.25, 0.3) is 21.1 Å². The lowest BCUT2D eigenvalue weighted by Gasteiger charge is -2.09. The van der Waals surface area contributed by atoms with Crippen LogP contribution in [-0.4, -0.2) is 17.7 Å². The molecule has 3 N–H and O–H groups in total. The number of carbonyl (C=O) groups is 1. The molecule has 0 saturated carbocycles. The summed E-state index contributed by atoms with van der Waals surface area (Å²) in [5.41, 5.74) is 9.42. The Labute approximate surface area is 164 Å². The van der Waals surface area contributed by atoms with Gasteiger partial charge >= 0.3 is 0 Å². The zero-order valence-corrected chi connectivity index (χ0v) is 15.9. The predicted molar refractivity (Wildman–Crippen MR) is 111 cm³/mol. The van der Waals surface area contributed by atoms with E-state index in [0.717, 1.165) is 38.8 Å². The Balaban J connectivity index is 1.57. The van der Waals surface area contributed by atoms with Gasteiger partial charge in [-0.2, -0.15) is 0 Å². The molecule has 0 fully saturated rings. The van der Waals surface area contributed by atoms with Crippen LogP contribution in [0.2, 0.25) is 0 Å². The van der Waals surface area contributed by atoms with Gasteiger partial charge in [0.1, 0.15) is 9.71 Å². The highest BCUT2D eigenvalue weighted by molar-refractivity contribution is 7.21. The highest BCUT2D eigenvalue weighted by Gasteiger charge is 2.20. The van der Waals surface area contributed by atoms with Gasteiger partial charge < -0.3 is 20.5 Å². The van der Waals surface area contributed by atoms with Crippen LogP contribution in [0.15, 0.2) is 42.5 Å². The summed E-state index contributed by atoms with van der Waals surface area (Å²) in [7, 11) is 0. The SMILES string of the molecule is CCc1ccccc1NC(=O)c1sc2nc3cc4c(cc3cc2c1N)OCO4. The number of thiophene rings is 1. The molecule has 28 heavy (non-hydrogen) atoms. The highest BCUT2D eigenvalue weighted by Crippen LogP contribution is 2.39. The molecule has 1 aliphatic rings. The summed E-state index contributed by atoms with van der Waals surface area (Å²) in [6.45, 7) is 2.27. The fourth-order valence-electron chi connectivity index (χ4n) is 3.39. The lowest BCUT2D eigenvalue weighted by Crippen LogP contribution is -2.13. The first-order valence-electron chi connectivity index (χ1n) is 8.95. The van der Waals surface area contributed by atoms with Crippen molar-refractivity contribution >= 4 is 49.7 Å². The number of benzene rings is 2. The first-order chi connectivity index (χ1) is 13.6. The van der Waals surface area contributed by atoms with E-state index in [1.165, 1.54) is 11.3 Å². The topological polar surface area (TPSA) is 86.5 Å². The molecule has 0 atom stereocenters. The summed E-state index contributed by atoms with van der Waals surface area (Å²) < 4.78 is 10.9. The van der Waals surface area contributed by atoms with Crippen LogP contribution in [0.3, 0.4) is 0 Å². The molecular weight excluding hydrogens is 374 g/mol. The van der Waals surface area contributed by atoms with Crippen molar-refractivity contribution in [1.29, 1.82) is 0 Å². The van der Waals surface area contributed by atoms with Gasteiger partial charge in [0.05, 0.1) is 11.2 Å². The number of para-hydroxylation sites is 1. The lowest BCUT2D eigenvalue weighted by atomic mass is 10.1. The average Bonchev–Trinajstić information content (AvgIpc) is 3.29. The Morgan fingerprint density at radius 2 is 2.00 bits per heavy atom. The number of anilines is 2. The van der Waals surface area contributed by atoms with E-state index >= 15 is 0 Å². The Morgan fingerprint density at radius 1 is 1.21 bits per heavy atom.